The molecule has 2 aromatic carbocycles. The predicted octanol–water partition coefficient (Wildman–Crippen LogP) is 1.80. The first kappa shape index (κ1) is 17.4. The number of ether oxygens (including phenoxy) is 2. The van der Waals surface area contributed by atoms with Crippen LogP contribution < -0.4 is 10.3 Å². The maximum atomic E-state index is 12.5. The third kappa shape index (κ3) is 3.20. The van der Waals surface area contributed by atoms with E-state index >= 15 is 0 Å². The van der Waals surface area contributed by atoms with Gasteiger partial charge < -0.3 is 9.47 Å². The summed E-state index contributed by atoms with van der Waals surface area (Å²) in [6.07, 6.45) is 1.58. The van der Waals surface area contributed by atoms with Gasteiger partial charge in [0.15, 0.2) is 12.5 Å². The SMILES string of the molecule is COc1cn(-c2ccccc2)nc1C(=O)OCn1nnc2ccccc2c1=O. The van der Waals surface area contributed by atoms with E-state index in [1.165, 1.54) is 11.8 Å². The van der Waals surface area contributed by atoms with Crippen molar-refractivity contribution < 1.29 is 14.3 Å². The molecule has 0 saturated heterocycles. The smallest absolute Gasteiger partial charge is 0.364 e. The molecule has 0 unspecified atom stereocenters. The minimum absolute atomic E-state index is 0.00634. The fraction of sp³-hybridized carbons (Fsp3) is 0.105. The van der Waals surface area contributed by atoms with Gasteiger partial charge in [0.25, 0.3) is 5.56 Å². The number of methoxy groups -OCH3 is 1. The number of carbonyl (C=O) groups excluding carboxylic acids is 1. The summed E-state index contributed by atoms with van der Waals surface area (Å²) in [4.78, 5) is 24.9. The van der Waals surface area contributed by atoms with Crippen LogP contribution in [-0.4, -0.2) is 37.9 Å². The van der Waals surface area contributed by atoms with Crippen molar-refractivity contribution >= 4 is 16.9 Å². The average Bonchev–Trinajstić information content (AvgIpc) is 3.18. The maximum absolute atomic E-state index is 12.5. The Kier molecular flexibility index (Phi) is 4.55. The zero-order valence-electron chi connectivity index (χ0n) is 14.8. The summed E-state index contributed by atoms with van der Waals surface area (Å²) in [6.45, 7) is -0.392. The van der Waals surface area contributed by atoms with E-state index in [0.717, 1.165) is 10.4 Å². The number of hydrogen-bond donors (Lipinski definition) is 0. The lowest BCUT2D eigenvalue weighted by molar-refractivity contribution is 0.0325. The van der Waals surface area contributed by atoms with Crippen molar-refractivity contribution in [3.63, 3.8) is 0 Å². The van der Waals surface area contributed by atoms with Gasteiger partial charge in [-0.2, -0.15) is 9.78 Å². The van der Waals surface area contributed by atoms with Crippen LogP contribution in [0.25, 0.3) is 16.6 Å². The highest BCUT2D eigenvalue weighted by Crippen LogP contribution is 2.20. The zero-order valence-corrected chi connectivity index (χ0v) is 14.8. The summed E-state index contributed by atoms with van der Waals surface area (Å²) >= 11 is 0. The van der Waals surface area contributed by atoms with E-state index in [9.17, 15) is 9.59 Å². The van der Waals surface area contributed by atoms with E-state index in [-0.39, 0.29) is 11.4 Å². The Morgan fingerprint density at radius 3 is 2.61 bits per heavy atom. The predicted molar refractivity (Wildman–Crippen MR) is 99.3 cm³/mol. The molecule has 4 aromatic rings. The van der Waals surface area contributed by atoms with Gasteiger partial charge in [0.2, 0.25) is 5.69 Å². The zero-order chi connectivity index (χ0) is 19.5. The Morgan fingerprint density at radius 2 is 1.82 bits per heavy atom. The number of hydrogen-bond acceptors (Lipinski definition) is 7. The van der Waals surface area contributed by atoms with Crippen LogP contribution in [0.3, 0.4) is 0 Å². The molecule has 0 saturated carbocycles. The minimum atomic E-state index is -0.742. The highest BCUT2D eigenvalue weighted by molar-refractivity contribution is 5.90. The van der Waals surface area contributed by atoms with E-state index in [4.69, 9.17) is 9.47 Å². The molecular weight excluding hydrogens is 362 g/mol. The largest absolute Gasteiger partial charge is 0.493 e. The summed E-state index contributed by atoms with van der Waals surface area (Å²) < 4.78 is 12.9. The highest BCUT2D eigenvalue weighted by Gasteiger charge is 2.20. The second-order valence-corrected chi connectivity index (χ2v) is 5.80. The van der Waals surface area contributed by atoms with E-state index in [0.29, 0.717) is 10.9 Å². The quantitative estimate of drug-likeness (QED) is 0.489. The van der Waals surface area contributed by atoms with Gasteiger partial charge in [-0.1, -0.05) is 35.5 Å². The second kappa shape index (κ2) is 7.31. The number of carbonyl (C=O) groups is 1. The molecule has 28 heavy (non-hydrogen) atoms. The van der Waals surface area contributed by atoms with Crippen molar-refractivity contribution in [1.29, 1.82) is 0 Å². The third-order valence-electron chi connectivity index (χ3n) is 4.06. The summed E-state index contributed by atoms with van der Waals surface area (Å²) in [5, 5.41) is 12.4. The van der Waals surface area contributed by atoms with Gasteiger partial charge in [-0.25, -0.2) is 9.48 Å². The Hall–Kier alpha value is -4.01. The maximum Gasteiger partial charge on any atom is 0.364 e. The number of para-hydroxylation sites is 1. The van der Waals surface area contributed by atoms with Gasteiger partial charge >= 0.3 is 5.97 Å². The Morgan fingerprint density at radius 1 is 1.07 bits per heavy atom. The molecule has 9 nitrogen and oxygen atoms in total. The number of esters is 1. The molecule has 2 aromatic heterocycles. The standard InChI is InChI=1S/C19H15N5O4/c1-27-16-11-23(13-7-3-2-4-8-13)21-17(16)19(26)28-12-24-18(25)14-9-5-6-10-15(14)20-22-24/h2-11H,12H2,1H3. The third-order valence-corrected chi connectivity index (χ3v) is 4.06. The molecule has 9 heteroatoms. The molecule has 0 spiro atoms. The highest BCUT2D eigenvalue weighted by atomic mass is 16.5. The second-order valence-electron chi connectivity index (χ2n) is 5.80. The van der Waals surface area contributed by atoms with Crippen LogP contribution in [0.1, 0.15) is 10.5 Å². The van der Waals surface area contributed by atoms with Crippen molar-refractivity contribution in [3.8, 4) is 11.4 Å². The summed E-state index contributed by atoms with van der Waals surface area (Å²) in [5.74, 6) is -0.487. The van der Waals surface area contributed by atoms with E-state index in [2.05, 4.69) is 15.4 Å². The summed E-state index contributed by atoms with van der Waals surface area (Å²) in [5.41, 5.74) is 0.822. The fourth-order valence-electron chi connectivity index (χ4n) is 2.66. The lowest BCUT2D eigenvalue weighted by Crippen LogP contribution is -2.26. The van der Waals surface area contributed by atoms with E-state index < -0.39 is 18.3 Å². The van der Waals surface area contributed by atoms with Crippen molar-refractivity contribution in [3.05, 3.63) is 76.8 Å². The number of nitrogens with zero attached hydrogens (tertiary/aromatic N) is 5. The number of aromatic nitrogens is 5. The van der Waals surface area contributed by atoms with Gasteiger partial charge in [-0.3, -0.25) is 4.79 Å². The van der Waals surface area contributed by atoms with Crippen LogP contribution in [0.15, 0.2) is 65.6 Å². The van der Waals surface area contributed by atoms with Crippen LogP contribution in [-0.2, 0) is 11.5 Å². The fourth-order valence-corrected chi connectivity index (χ4v) is 2.66. The molecule has 4 rings (SSSR count). The molecule has 0 aliphatic heterocycles. The number of benzene rings is 2. The first-order valence-corrected chi connectivity index (χ1v) is 8.36. The number of fused-ring (bicyclic) bond motifs is 1. The first-order chi connectivity index (χ1) is 13.7. The van der Waals surface area contributed by atoms with Crippen LogP contribution >= 0.6 is 0 Å². The van der Waals surface area contributed by atoms with Gasteiger partial charge in [0.1, 0.15) is 5.52 Å². The van der Waals surface area contributed by atoms with E-state index in [1.807, 2.05) is 30.3 Å². The van der Waals surface area contributed by atoms with Crippen molar-refractivity contribution in [2.24, 2.45) is 0 Å². The van der Waals surface area contributed by atoms with Gasteiger partial charge in [0.05, 0.1) is 24.4 Å². The van der Waals surface area contributed by atoms with Gasteiger partial charge in [0, 0.05) is 0 Å². The lowest BCUT2D eigenvalue weighted by atomic mass is 10.2. The molecule has 0 aliphatic rings. The monoisotopic (exact) mass is 377 g/mol. The molecular formula is C19H15N5O4. The molecule has 0 bridgehead atoms. The van der Waals surface area contributed by atoms with Crippen LogP contribution in [0.2, 0.25) is 0 Å². The molecule has 140 valence electrons. The van der Waals surface area contributed by atoms with Gasteiger partial charge in [-0.05, 0) is 24.3 Å². The van der Waals surface area contributed by atoms with Gasteiger partial charge in [-0.15, -0.1) is 5.10 Å². The van der Waals surface area contributed by atoms with Crippen LogP contribution in [0, 0.1) is 0 Å². The average molecular weight is 377 g/mol. The number of rotatable bonds is 5. The van der Waals surface area contributed by atoms with Crippen molar-refractivity contribution in [2.45, 2.75) is 6.73 Å². The molecule has 0 amide bonds. The van der Waals surface area contributed by atoms with Crippen LogP contribution in [0.5, 0.6) is 5.75 Å². The van der Waals surface area contributed by atoms with Crippen LogP contribution in [0.4, 0.5) is 0 Å². The lowest BCUT2D eigenvalue weighted by Gasteiger charge is -2.06. The minimum Gasteiger partial charge on any atom is -0.493 e. The molecule has 0 radical (unpaired) electrons. The Labute approximate surface area is 158 Å². The molecule has 0 atom stereocenters. The first-order valence-electron chi connectivity index (χ1n) is 8.36. The molecule has 0 N–H and O–H groups in total. The molecule has 0 aliphatic carbocycles. The topological polar surface area (TPSA) is 101 Å². The Bertz CT molecular complexity index is 1200. The Balaban J connectivity index is 1.57. The normalized spacial score (nSPS) is 10.8. The summed E-state index contributed by atoms with van der Waals surface area (Å²) in [6, 6.07) is 16.1. The van der Waals surface area contributed by atoms with Crippen molar-refractivity contribution in [1.82, 2.24) is 24.8 Å². The van der Waals surface area contributed by atoms with E-state index in [1.54, 1.807) is 30.5 Å². The molecule has 0 fully saturated rings. The van der Waals surface area contributed by atoms with Crippen molar-refractivity contribution in [2.75, 3.05) is 7.11 Å². The molecule has 2 heterocycles. The summed E-state index contributed by atoms with van der Waals surface area (Å²) in [7, 11) is 1.43.